The Bertz CT molecular complexity index is 32.9. The summed E-state index contributed by atoms with van der Waals surface area (Å²) in [7, 11) is 0. The zero-order chi connectivity index (χ0) is 7.41. The molecule has 0 radical (unpaired) electrons. The standard InChI is InChI=1S/2C3H7.CN.Cu.2Li/c2*1-3-2;1-2;;;/h2*3H,1-2H3;;;;/q3*-1;3*+1. The molecule has 0 aromatic carbocycles. The molecule has 0 heterocycles. The van der Waals surface area contributed by atoms with Crippen LogP contribution in [-0.2, 0) is 17.1 Å². The van der Waals surface area contributed by atoms with Gasteiger partial charge in [-0.2, -0.15) is 27.7 Å². The van der Waals surface area contributed by atoms with Gasteiger partial charge >= 0.3 is 54.8 Å². The van der Waals surface area contributed by atoms with E-state index < -0.39 is 0 Å². The SMILES string of the molecule is C[CH-]C.C[CH-]C.[C-]#N.[Cu+].[Li+].[Li+]. The van der Waals surface area contributed by atoms with Crippen molar-refractivity contribution < 1.29 is 54.8 Å². The van der Waals surface area contributed by atoms with E-state index in [-0.39, 0.29) is 54.8 Å². The van der Waals surface area contributed by atoms with Gasteiger partial charge in [0.05, 0.1) is 0 Å². The minimum atomic E-state index is 0. The molecule has 0 bridgehead atoms. The van der Waals surface area contributed by atoms with Crippen LogP contribution in [0.3, 0.4) is 0 Å². The first-order valence-corrected chi connectivity index (χ1v) is 2.53. The Morgan fingerprint density at radius 1 is 0.818 bits per heavy atom. The zero-order valence-electron chi connectivity index (χ0n) is 8.40. The fourth-order valence-electron chi connectivity index (χ4n) is 0. The van der Waals surface area contributed by atoms with Crippen molar-refractivity contribution in [1.29, 1.82) is 5.26 Å². The average Bonchev–Trinajstić information content (AvgIpc) is 1.75. The van der Waals surface area contributed by atoms with Crippen molar-refractivity contribution in [2.24, 2.45) is 0 Å². The minimum Gasteiger partial charge on any atom is -0.512 e. The molecule has 0 atom stereocenters. The molecule has 0 N–H and O–H groups in total. The maximum Gasteiger partial charge on any atom is 1.00 e. The summed E-state index contributed by atoms with van der Waals surface area (Å²) in [6.45, 7) is 12.8. The second-order valence-corrected chi connectivity index (χ2v) is 1.15. The average molecular weight is 190 g/mol. The first-order chi connectivity index (χ1) is 3.83. The molecule has 0 aromatic heterocycles. The van der Waals surface area contributed by atoms with Gasteiger partial charge in [-0.25, -0.2) is 0 Å². The van der Waals surface area contributed by atoms with E-state index in [1.807, 2.05) is 40.5 Å². The first kappa shape index (κ1) is 39.8. The van der Waals surface area contributed by atoms with Crippen molar-refractivity contribution in [2.45, 2.75) is 27.7 Å². The van der Waals surface area contributed by atoms with E-state index in [0.29, 0.717) is 0 Å². The maximum atomic E-state index is 6.25. The quantitative estimate of drug-likeness (QED) is 0.288. The van der Waals surface area contributed by atoms with Gasteiger partial charge in [0.15, 0.2) is 0 Å². The Labute approximate surface area is 107 Å². The summed E-state index contributed by atoms with van der Waals surface area (Å²) in [5, 5.41) is 6.25. The molecule has 0 aliphatic carbocycles. The van der Waals surface area contributed by atoms with Crippen molar-refractivity contribution >= 4 is 0 Å². The topological polar surface area (TPSA) is 23.8 Å². The molecule has 60 valence electrons. The van der Waals surface area contributed by atoms with Gasteiger partial charge in [0, 0.05) is 0 Å². The summed E-state index contributed by atoms with van der Waals surface area (Å²) in [6, 6.07) is 0. The van der Waals surface area contributed by atoms with E-state index in [9.17, 15) is 0 Å². The van der Waals surface area contributed by atoms with Crippen molar-refractivity contribution in [3.63, 3.8) is 0 Å². The van der Waals surface area contributed by atoms with Crippen molar-refractivity contribution in [3.8, 4) is 0 Å². The third kappa shape index (κ3) is 654. The predicted molar refractivity (Wildman–Crippen MR) is 36.3 cm³/mol. The van der Waals surface area contributed by atoms with Gasteiger partial charge in [0.25, 0.3) is 0 Å². The molecule has 4 heteroatoms. The molecule has 1 nitrogen and oxygen atoms in total. The van der Waals surface area contributed by atoms with Crippen LogP contribution in [0.15, 0.2) is 0 Å². The number of hydrogen-bond acceptors (Lipinski definition) is 1. The number of hydrogen-bond donors (Lipinski definition) is 0. The summed E-state index contributed by atoms with van der Waals surface area (Å²) < 4.78 is 0. The minimum absolute atomic E-state index is 0. The van der Waals surface area contributed by atoms with Crippen LogP contribution in [0.2, 0.25) is 0 Å². The van der Waals surface area contributed by atoms with Crippen LogP contribution in [0.5, 0.6) is 0 Å². The van der Waals surface area contributed by atoms with Crippen molar-refractivity contribution in [1.82, 2.24) is 0 Å². The largest absolute Gasteiger partial charge is 1.00 e. The van der Waals surface area contributed by atoms with Gasteiger partial charge in [-0.05, 0) is 0 Å². The summed E-state index contributed by atoms with van der Waals surface area (Å²) in [5.41, 5.74) is 0. The second-order valence-electron chi connectivity index (χ2n) is 1.15. The fraction of sp³-hybridized carbons (Fsp3) is 0.571. The molecule has 0 rings (SSSR count). The van der Waals surface area contributed by atoms with Crippen molar-refractivity contribution in [3.05, 3.63) is 19.4 Å². The van der Waals surface area contributed by atoms with Crippen LogP contribution >= 0.6 is 0 Å². The van der Waals surface area contributed by atoms with Gasteiger partial charge in [-0.15, -0.1) is 0 Å². The van der Waals surface area contributed by atoms with E-state index >= 15 is 0 Å². The summed E-state index contributed by atoms with van der Waals surface area (Å²) in [4.78, 5) is 0. The van der Waals surface area contributed by atoms with Gasteiger partial charge in [-0.1, -0.05) is 0 Å². The van der Waals surface area contributed by atoms with E-state index in [1.54, 1.807) is 0 Å². The van der Waals surface area contributed by atoms with E-state index in [1.165, 1.54) is 0 Å². The maximum absolute atomic E-state index is 6.25. The zero-order valence-corrected chi connectivity index (χ0v) is 9.35. The Balaban J connectivity index is -0.00000000764. The third-order valence-electron chi connectivity index (χ3n) is 0. The van der Waals surface area contributed by atoms with Crippen molar-refractivity contribution in [2.75, 3.05) is 0 Å². The molecule has 0 amide bonds. The Hall–Kier alpha value is 1.20. The van der Waals surface area contributed by atoms with Crippen LogP contribution in [0.4, 0.5) is 0 Å². The molecule has 0 aromatic rings. The van der Waals surface area contributed by atoms with Gasteiger partial charge < -0.3 is 24.7 Å². The molecule has 0 aliphatic heterocycles. The molecular formula is C7H14CuLi2N. The molecule has 11 heavy (non-hydrogen) atoms. The Kier molecular flexibility index (Phi) is 411. The molecular weight excluding hydrogens is 176 g/mol. The Morgan fingerprint density at radius 3 is 0.818 bits per heavy atom. The van der Waals surface area contributed by atoms with E-state index in [4.69, 9.17) is 11.8 Å². The van der Waals surface area contributed by atoms with Crippen LogP contribution in [0.25, 0.3) is 0 Å². The molecule has 0 spiro atoms. The Morgan fingerprint density at radius 2 is 0.818 bits per heavy atom. The predicted octanol–water partition coefficient (Wildman–Crippen LogP) is -3.44. The molecule has 0 saturated carbocycles. The van der Waals surface area contributed by atoms with Crippen LogP contribution in [-0.4, -0.2) is 0 Å². The number of rotatable bonds is 0. The summed E-state index contributed by atoms with van der Waals surface area (Å²) in [6.07, 6.45) is 4.00. The normalized spacial score (nSPS) is 3.45. The molecule has 0 fully saturated rings. The molecule has 0 unspecified atom stereocenters. The summed E-state index contributed by atoms with van der Waals surface area (Å²) >= 11 is 0. The van der Waals surface area contributed by atoms with Gasteiger partial charge in [-0.3, -0.25) is 0 Å². The monoisotopic (exact) mass is 189 g/mol. The first-order valence-electron chi connectivity index (χ1n) is 2.53. The van der Waals surface area contributed by atoms with E-state index in [2.05, 4.69) is 0 Å². The fourth-order valence-corrected chi connectivity index (χ4v) is 0. The number of nitrogens with zero attached hydrogens (tertiary/aromatic N) is 1. The van der Waals surface area contributed by atoms with Crippen LogP contribution in [0.1, 0.15) is 27.7 Å². The van der Waals surface area contributed by atoms with E-state index in [0.717, 1.165) is 0 Å². The van der Waals surface area contributed by atoms with Crippen LogP contribution in [0, 0.1) is 24.7 Å². The second kappa shape index (κ2) is 114. The molecule has 0 aliphatic rings. The summed E-state index contributed by atoms with van der Waals surface area (Å²) in [5.74, 6) is 0. The molecule has 0 saturated heterocycles. The van der Waals surface area contributed by atoms with Crippen LogP contribution < -0.4 is 37.7 Å². The van der Waals surface area contributed by atoms with Gasteiger partial charge in [0.2, 0.25) is 0 Å². The van der Waals surface area contributed by atoms with Gasteiger partial charge in [0.1, 0.15) is 0 Å². The smallest absolute Gasteiger partial charge is 0.512 e. The third-order valence-corrected chi connectivity index (χ3v) is 0.